The molecule has 2 aromatic carbocycles. The van der Waals surface area contributed by atoms with E-state index in [1.165, 1.54) is 35.6 Å². The topological polar surface area (TPSA) is 83.8 Å². The van der Waals surface area contributed by atoms with Crippen LogP contribution in [0.1, 0.15) is 30.9 Å². The van der Waals surface area contributed by atoms with Crippen molar-refractivity contribution >= 4 is 36.0 Å². The number of carbonyl (C=O) groups excluding carboxylic acids is 2. The molecule has 0 spiro atoms. The Labute approximate surface area is 188 Å². The van der Waals surface area contributed by atoms with Crippen LogP contribution in [0.25, 0.3) is 6.08 Å². The minimum Gasteiger partial charge on any atom is -0.302 e. The van der Waals surface area contributed by atoms with E-state index in [1.807, 2.05) is 25.2 Å². The number of imide groups is 1. The summed E-state index contributed by atoms with van der Waals surface area (Å²) < 4.78 is 0. The van der Waals surface area contributed by atoms with Crippen LogP contribution in [0.15, 0.2) is 60.7 Å². The third kappa shape index (κ3) is 9.11. The van der Waals surface area contributed by atoms with E-state index in [0.29, 0.717) is 12.1 Å². The van der Waals surface area contributed by atoms with Crippen molar-refractivity contribution in [2.24, 2.45) is 0 Å². The Balaban J connectivity index is 0.00000480. The minimum absolute atomic E-state index is 0. The van der Waals surface area contributed by atoms with Crippen molar-refractivity contribution in [1.29, 1.82) is 0 Å². The molecule has 0 aliphatic rings. The van der Waals surface area contributed by atoms with E-state index in [1.54, 1.807) is 18.2 Å². The van der Waals surface area contributed by atoms with Crippen molar-refractivity contribution in [1.82, 2.24) is 9.80 Å². The van der Waals surface area contributed by atoms with Gasteiger partial charge in [-0.2, -0.15) is 0 Å². The van der Waals surface area contributed by atoms with Gasteiger partial charge in [0.15, 0.2) is 0 Å². The van der Waals surface area contributed by atoms with E-state index in [-0.39, 0.29) is 24.0 Å². The highest BCUT2D eigenvalue weighted by molar-refractivity contribution is 6.02. The van der Waals surface area contributed by atoms with Crippen LogP contribution in [0.4, 0.5) is 5.69 Å². The lowest BCUT2D eigenvalue weighted by Gasteiger charge is -2.19. The largest absolute Gasteiger partial charge is 0.302 e. The predicted octanol–water partition coefficient (Wildman–Crippen LogP) is 4.32. The fourth-order valence-electron chi connectivity index (χ4n) is 3.01. The van der Waals surface area contributed by atoms with E-state index in [9.17, 15) is 19.7 Å². The Morgan fingerprint density at radius 1 is 1.00 bits per heavy atom. The number of unbranched alkanes of at least 4 members (excludes halogenated alkanes) is 1. The van der Waals surface area contributed by atoms with Gasteiger partial charge in [0.05, 0.1) is 4.92 Å². The molecule has 0 radical (unpaired) electrons. The minimum atomic E-state index is -0.479. The quantitative estimate of drug-likeness (QED) is 0.235. The maximum atomic E-state index is 12.4. The number of amides is 2. The van der Waals surface area contributed by atoms with Crippen LogP contribution in [-0.4, -0.2) is 46.7 Å². The van der Waals surface area contributed by atoms with Crippen LogP contribution in [-0.2, 0) is 16.1 Å². The highest BCUT2D eigenvalue weighted by Crippen LogP contribution is 2.13. The molecule has 0 N–H and O–H groups in total. The molecular formula is C23H28ClN3O4. The van der Waals surface area contributed by atoms with Crippen LogP contribution >= 0.6 is 12.4 Å². The third-order valence-electron chi connectivity index (χ3n) is 4.64. The average Bonchev–Trinajstić information content (AvgIpc) is 2.72. The van der Waals surface area contributed by atoms with Crippen molar-refractivity contribution < 1.29 is 14.5 Å². The van der Waals surface area contributed by atoms with Crippen molar-refractivity contribution in [3.63, 3.8) is 0 Å². The van der Waals surface area contributed by atoms with Gasteiger partial charge in [-0.1, -0.05) is 30.3 Å². The van der Waals surface area contributed by atoms with Gasteiger partial charge in [0.2, 0.25) is 5.91 Å². The second kappa shape index (κ2) is 13.3. The van der Waals surface area contributed by atoms with Gasteiger partial charge in [-0.3, -0.25) is 24.6 Å². The van der Waals surface area contributed by atoms with E-state index in [0.717, 1.165) is 25.9 Å². The molecule has 0 saturated heterocycles. The number of hydrogen-bond donors (Lipinski definition) is 0. The molecule has 0 aliphatic heterocycles. The molecule has 31 heavy (non-hydrogen) atoms. The van der Waals surface area contributed by atoms with Crippen molar-refractivity contribution in [3.8, 4) is 0 Å². The van der Waals surface area contributed by atoms with Gasteiger partial charge in [0.25, 0.3) is 11.6 Å². The number of nitro benzene ring substituents is 1. The van der Waals surface area contributed by atoms with E-state index >= 15 is 0 Å². The summed E-state index contributed by atoms with van der Waals surface area (Å²) in [6.45, 7) is 3.46. The maximum Gasteiger partial charge on any atom is 0.269 e. The van der Waals surface area contributed by atoms with Crippen LogP contribution < -0.4 is 0 Å². The maximum absolute atomic E-state index is 12.4. The van der Waals surface area contributed by atoms with E-state index < -0.39 is 10.8 Å². The summed E-state index contributed by atoms with van der Waals surface area (Å²) in [5.41, 5.74) is 1.89. The highest BCUT2D eigenvalue weighted by atomic mass is 35.5. The molecule has 0 saturated carbocycles. The Hall–Kier alpha value is -3.03. The first kappa shape index (κ1) is 26.0. The molecule has 0 unspecified atom stereocenters. The lowest BCUT2D eigenvalue weighted by atomic mass is 10.2. The van der Waals surface area contributed by atoms with E-state index in [4.69, 9.17) is 0 Å². The second-order valence-corrected chi connectivity index (χ2v) is 7.12. The smallest absolute Gasteiger partial charge is 0.269 e. The normalized spacial score (nSPS) is 10.7. The molecule has 0 atom stereocenters. The van der Waals surface area contributed by atoms with Crippen LogP contribution in [0.2, 0.25) is 0 Å². The SMILES string of the molecule is CC(=O)N(CCCCN(C)Cc1ccccc1)C(=O)/C=C/c1ccc([N+](=O)[O-])cc1.Cl. The summed E-state index contributed by atoms with van der Waals surface area (Å²) in [5, 5.41) is 10.7. The van der Waals surface area contributed by atoms with Gasteiger partial charge in [-0.25, -0.2) is 0 Å². The summed E-state index contributed by atoms with van der Waals surface area (Å²) in [4.78, 5) is 37.9. The van der Waals surface area contributed by atoms with Crippen molar-refractivity contribution in [3.05, 3.63) is 81.9 Å². The number of nitrogens with zero attached hydrogens (tertiary/aromatic N) is 3. The zero-order valence-corrected chi connectivity index (χ0v) is 18.6. The Morgan fingerprint density at radius 2 is 1.61 bits per heavy atom. The Morgan fingerprint density at radius 3 is 2.19 bits per heavy atom. The zero-order valence-electron chi connectivity index (χ0n) is 17.8. The molecule has 8 heteroatoms. The second-order valence-electron chi connectivity index (χ2n) is 7.12. The number of rotatable bonds is 10. The summed E-state index contributed by atoms with van der Waals surface area (Å²) in [5.74, 6) is -0.690. The molecular weight excluding hydrogens is 418 g/mol. The van der Waals surface area contributed by atoms with Gasteiger partial charge >= 0.3 is 0 Å². The molecule has 0 heterocycles. The summed E-state index contributed by atoms with van der Waals surface area (Å²) in [7, 11) is 2.05. The summed E-state index contributed by atoms with van der Waals surface area (Å²) >= 11 is 0. The van der Waals surface area contributed by atoms with Crippen LogP contribution in [0.5, 0.6) is 0 Å². The molecule has 166 valence electrons. The number of non-ortho nitro benzene ring substituents is 1. The number of nitro groups is 1. The lowest BCUT2D eigenvalue weighted by Crippen LogP contribution is -2.35. The average molecular weight is 446 g/mol. The van der Waals surface area contributed by atoms with Gasteiger partial charge in [-0.05, 0) is 55.8 Å². The molecule has 0 aromatic heterocycles. The van der Waals surface area contributed by atoms with Crippen LogP contribution in [0, 0.1) is 10.1 Å². The van der Waals surface area contributed by atoms with Gasteiger partial charge < -0.3 is 4.90 Å². The molecule has 0 aliphatic carbocycles. The number of benzene rings is 2. The van der Waals surface area contributed by atoms with Crippen LogP contribution in [0.3, 0.4) is 0 Å². The molecule has 2 amide bonds. The highest BCUT2D eigenvalue weighted by Gasteiger charge is 2.15. The molecule has 2 aromatic rings. The van der Waals surface area contributed by atoms with E-state index in [2.05, 4.69) is 17.0 Å². The standard InChI is InChI=1S/C23H27N3O4.ClH/c1-19(27)25(17-7-6-16-24(2)18-21-8-4-3-5-9-21)23(28)15-12-20-10-13-22(14-11-20)26(29)30;/h3-5,8-15H,6-7,16-18H2,1-2H3;1H/b15-12+;. The van der Waals surface area contributed by atoms with Gasteiger partial charge in [0, 0.05) is 38.2 Å². The predicted molar refractivity (Wildman–Crippen MR) is 124 cm³/mol. The number of halogens is 1. The molecule has 7 nitrogen and oxygen atoms in total. The lowest BCUT2D eigenvalue weighted by molar-refractivity contribution is -0.384. The summed E-state index contributed by atoms with van der Waals surface area (Å²) in [6.07, 6.45) is 4.46. The van der Waals surface area contributed by atoms with Gasteiger partial charge in [0.1, 0.15) is 0 Å². The Bertz CT molecular complexity index is 885. The summed E-state index contributed by atoms with van der Waals surface area (Å²) in [6, 6.07) is 16.1. The van der Waals surface area contributed by atoms with Crippen molar-refractivity contribution in [2.45, 2.75) is 26.3 Å². The third-order valence-corrected chi connectivity index (χ3v) is 4.64. The molecule has 0 bridgehead atoms. The fraction of sp³-hybridized carbons (Fsp3) is 0.304. The Kier molecular flexibility index (Phi) is 11.2. The van der Waals surface area contributed by atoms with Gasteiger partial charge in [-0.15, -0.1) is 12.4 Å². The fourth-order valence-corrected chi connectivity index (χ4v) is 3.01. The molecule has 2 rings (SSSR count). The number of carbonyl (C=O) groups is 2. The zero-order chi connectivity index (χ0) is 21.9. The monoisotopic (exact) mass is 445 g/mol. The molecule has 0 fully saturated rings. The first-order valence-electron chi connectivity index (χ1n) is 9.84. The van der Waals surface area contributed by atoms with Crippen molar-refractivity contribution in [2.75, 3.05) is 20.1 Å². The first-order chi connectivity index (χ1) is 14.4. The number of hydrogen-bond acceptors (Lipinski definition) is 5. The first-order valence-corrected chi connectivity index (χ1v) is 9.84.